The van der Waals surface area contributed by atoms with Gasteiger partial charge in [-0.25, -0.2) is 9.18 Å². The van der Waals surface area contributed by atoms with E-state index in [1.54, 1.807) is 17.0 Å². The summed E-state index contributed by atoms with van der Waals surface area (Å²) in [4.78, 5) is 18.2. The fourth-order valence-electron chi connectivity index (χ4n) is 2.97. The normalized spacial score (nSPS) is 22.5. The van der Waals surface area contributed by atoms with E-state index in [0.717, 1.165) is 18.8 Å². The summed E-state index contributed by atoms with van der Waals surface area (Å²) < 4.78 is 23.9. The standard InChI is InChI=1S/C17H24FN3O3/c1-19-10-11-23-12-16(19)13-24-17(22)21-8-6-20(7-9-21)15-4-2-14(18)3-5-15/h2-5,16H,6-13H2,1H3. The summed E-state index contributed by atoms with van der Waals surface area (Å²) in [5.41, 5.74) is 0.977. The molecular weight excluding hydrogens is 313 g/mol. The van der Waals surface area contributed by atoms with Gasteiger partial charge in [0.1, 0.15) is 12.4 Å². The van der Waals surface area contributed by atoms with Crippen LogP contribution in [0.25, 0.3) is 0 Å². The first-order valence-corrected chi connectivity index (χ1v) is 8.33. The molecule has 2 saturated heterocycles. The lowest BCUT2D eigenvalue weighted by atomic mass is 10.2. The van der Waals surface area contributed by atoms with Crippen molar-refractivity contribution in [1.29, 1.82) is 0 Å². The Morgan fingerprint density at radius 2 is 1.92 bits per heavy atom. The van der Waals surface area contributed by atoms with E-state index in [4.69, 9.17) is 9.47 Å². The number of likely N-dealkylation sites (N-methyl/N-ethyl adjacent to an activating group) is 1. The summed E-state index contributed by atoms with van der Waals surface area (Å²) in [6.07, 6.45) is -0.271. The Balaban J connectivity index is 1.44. The van der Waals surface area contributed by atoms with Crippen molar-refractivity contribution in [3.8, 4) is 0 Å². The van der Waals surface area contributed by atoms with Gasteiger partial charge in [0.2, 0.25) is 0 Å². The SMILES string of the molecule is CN1CCOCC1COC(=O)N1CCN(c2ccc(F)cc2)CC1. The summed E-state index contributed by atoms with van der Waals surface area (Å²) in [5.74, 6) is -0.238. The number of halogens is 1. The van der Waals surface area contributed by atoms with Gasteiger partial charge in [-0.3, -0.25) is 4.90 Å². The molecule has 1 aromatic rings. The lowest BCUT2D eigenvalue weighted by Gasteiger charge is -2.36. The van der Waals surface area contributed by atoms with Gasteiger partial charge in [-0.05, 0) is 31.3 Å². The molecule has 2 aliphatic rings. The van der Waals surface area contributed by atoms with Crippen molar-refractivity contribution in [2.45, 2.75) is 6.04 Å². The highest BCUT2D eigenvalue weighted by molar-refractivity contribution is 5.68. The predicted octanol–water partition coefficient (Wildman–Crippen LogP) is 1.41. The van der Waals surface area contributed by atoms with E-state index < -0.39 is 0 Å². The van der Waals surface area contributed by atoms with Crippen LogP contribution in [0.3, 0.4) is 0 Å². The molecule has 0 radical (unpaired) electrons. The van der Waals surface area contributed by atoms with Gasteiger partial charge in [-0.15, -0.1) is 0 Å². The van der Waals surface area contributed by atoms with Crippen molar-refractivity contribution >= 4 is 11.8 Å². The Kier molecular flexibility index (Phi) is 5.52. The number of nitrogens with zero attached hydrogens (tertiary/aromatic N) is 3. The molecular formula is C17H24FN3O3. The number of amides is 1. The van der Waals surface area contributed by atoms with Crippen LogP contribution in [0.5, 0.6) is 0 Å². The fraction of sp³-hybridized carbons (Fsp3) is 0.588. The molecule has 0 bridgehead atoms. The maximum absolute atomic E-state index is 13.0. The smallest absolute Gasteiger partial charge is 0.409 e. The molecule has 2 fully saturated rings. The molecule has 0 aromatic heterocycles. The number of ether oxygens (including phenoxy) is 2. The number of hydrogen-bond acceptors (Lipinski definition) is 5. The molecule has 2 aliphatic heterocycles. The predicted molar refractivity (Wildman–Crippen MR) is 88.8 cm³/mol. The molecule has 24 heavy (non-hydrogen) atoms. The van der Waals surface area contributed by atoms with E-state index >= 15 is 0 Å². The summed E-state index contributed by atoms with van der Waals surface area (Å²) in [7, 11) is 2.02. The number of hydrogen-bond donors (Lipinski definition) is 0. The van der Waals surface area contributed by atoms with Crippen LogP contribution in [-0.2, 0) is 9.47 Å². The first-order chi connectivity index (χ1) is 11.6. The molecule has 7 heteroatoms. The molecule has 0 saturated carbocycles. The summed E-state index contributed by atoms with van der Waals surface area (Å²) in [6.45, 7) is 5.18. The van der Waals surface area contributed by atoms with Gasteiger partial charge in [0.25, 0.3) is 0 Å². The molecule has 0 N–H and O–H groups in total. The molecule has 0 spiro atoms. The molecule has 3 rings (SSSR count). The second kappa shape index (κ2) is 7.81. The van der Waals surface area contributed by atoms with E-state index in [2.05, 4.69) is 9.80 Å². The Morgan fingerprint density at radius 3 is 2.58 bits per heavy atom. The van der Waals surface area contributed by atoms with Gasteiger partial charge in [0, 0.05) is 38.4 Å². The van der Waals surface area contributed by atoms with Gasteiger partial charge >= 0.3 is 6.09 Å². The van der Waals surface area contributed by atoms with Crippen molar-refractivity contribution < 1.29 is 18.7 Å². The van der Waals surface area contributed by atoms with Crippen LogP contribution >= 0.6 is 0 Å². The Bertz CT molecular complexity index is 547. The molecule has 1 unspecified atom stereocenters. The molecule has 132 valence electrons. The van der Waals surface area contributed by atoms with E-state index in [1.807, 2.05) is 7.05 Å². The number of morpholine rings is 1. The quantitative estimate of drug-likeness (QED) is 0.835. The molecule has 0 aliphatic carbocycles. The zero-order valence-electron chi connectivity index (χ0n) is 14.0. The van der Waals surface area contributed by atoms with Crippen LogP contribution < -0.4 is 4.90 Å². The highest BCUT2D eigenvalue weighted by Crippen LogP contribution is 2.17. The highest BCUT2D eigenvalue weighted by Gasteiger charge is 2.25. The zero-order chi connectivity index (χ0) is 16.9. The van der Waals surface area contributed by atoms with E-state index in [9.17, 15) is 9.18 Å². The number of carbonyl (C=O) groups excluding carboxylic acids is 1. The van der Waals surface area contributed by atoms with Crippen LogP contribution in [0.4, 0.5) is 14.9 Å². The number of carbonyl (C=O) groups is 1. The van der Waals surface area contributed by atoms with Crippen molar-refractivity contribution in [3.05, 3.63) is 30.1 Å². The average molecular weight is 337 g/mol. The number of benzene rings is 1. The van der Waals surface area contributed by atoms with Crippen molar-refractivity contribution in [3.63, 3.8) is 0 Å². The monoisotopic (exact) mass is 337 g/mol. The van der Waals surface area contributed by atoms with Gasteiger partial charge in [0.15, 0.2) is 0 Å². The second-order valence-corrected chi connectivity index (χ2v) is 6.24. The Morgan fingerprint density at radius 1 is 1.21 bits per heavy atom. The minimum atomic E-state index is -0.271. The molecule has 1 amide bonds. The summed E-state index contributed by atoms with van der Waals surface area (Å²) in [6, 6.07) is 6.57. The van der Waals surface area contributed by atoms with Crippen LogP contribution in [-0.4, -0.2) is 81.5 Å². The zero-order valence-corrected chi connectivity index (χ0v) is 14.0. The summed E-state index contributed by atoms with van der Waals surface area (Å²) >= 11 is 0. The average Bonchev–Trinajstić information content (AvgIpc) is 2.62. The maximum atomic E-state index is 13.0. The molecule has 2 heterocycles. The Labute approximate surface area is 141 Å². The molecule has 1 aromatic carbocycles. The van der Waals surface area contributed by atoms with Crippen molar-refractivity contribution in [2.75, 3.05) is 64.5 Å². The van der Waals surface area contributed by atoms with E-state index in [1.165, 1.54) is 12.1 Å². The maximum Gasteiger partial charge on any atom is 0.409 e. The van der Waals surface area contributed by atoms with E-state index in [-0.39, 0.29) is 18.0 Å². The minimum absolute atomic E-state index is 0.128. The van der Waals surface area contributed by atoms with Crippen LogP contribution in [0.2, 0.25) is 0 Å². The largest absolute Gasteiger partial charge is 0.448 e. The minimum Gasteiger partial charge on any atom is -0.448 e. The third kappa shape index (κ3) is 4.15. The number of piperazine rings is 1. The number of rotatable bonds is 3. The third-order valence-electron chi connectivity index (χ3n) is 4.65. The van der Waals surface area contributed by atoms with Crippen molar-refractivity contribution in [2.24, 2.45) is 0 Å². The first-order valence-electron chi connectivity index (χ1n) is 8.33. The second-order valence-electron chi connectivity index (χ2n) is 6.24. The topological polar surface area (TPSA) is 45.3 Å². The van der Waals surface area contributed by atoms with Gasteiger partial charge in [-0.2, -0.15) is 0 Å². The Hall–Kier alpha value is -1.86. The van der Waals surface area contributed by atoms with Gasteiger partial charge in [0.05, 0.1) is 19.3 Å². The van der Waals surface area contributed by atoms with Crippen LogP contribution in [0.1, 0.15) is 0 Å². The highest BCUT2D eigenvalue weighted by atomic mass is 19.1. The third-order valence-corrected chi connectivity index (χ3v) is 4.65. The summed E-state index contributed by atoms with van der Waals surface area (Å²) in [5, 5.41) is 0. The molecule has 6 nitrogen and oxygen atoms in total. The number of anilines is 1. The van der Waals surface area contributed by atoms with Gasteiger partial charge < -0.3 is 19.3 Å². The van der Waals surface area contributed by atoms with Gasteiger partial charge in [-0.1, -0.05) is 0 Å². The van der Waals surface area contributed by atoms with Crippen molar-refractivity contribution in [1.82, 2.24) is 9.80 Å². The van der Waals surface area contributed by atoms with E-state index in [0.29, 0.717) is 39.4 Å². The lowest BCUT2D eigenvalue weighted by molar-refractivity contribution is -0.0226. The van der Waals surface area contributed by atoms with Crippen LogP contribution in [0.15, 0.2) is 24.3 Å². The molecule has 1 atom stereocenters. The first kappa shape index (κ1) is 17.0. The van der Waals surface area contributed by atoms with Crippen LogP contribution in [0, 0.1) is 5.82 Å². The fourth-order valence-corrected chi connectivity index (χ4v) is 2.97. The lowest BCUT2D eigenvalue weighted by Crippen LogP contribution is -2.50.